The van der Waals surface area contributed by atoms with Gasteiger partial charge in [0, 0.05) is 55.2 Å². The zero-order chi connectivity index (χ0) is 18.4. The molecule has 0 spiro atoms. The maximum Gasteiger partial charge on any atom is 0.254 e. The normalized spacial score (nSPS) is 23.1. The zero-order valence-corrected chi connectivity index (χ0v) is 15.6. The van der Waals surface area contributed by atoms with E-state index in [-0.39, 0.29) is 11.9 Å². The summed E-state index contributed by atoms with van der Waals surface area (Å²) in [4.78, 5) is 28.7. The smallest absolute Gasteiger partial charge is 0.254 e. The molecule has 0 radical (unpaired) electrons. The third-order valence-electron chi connectivity index (χ3n) is 6.16. The zero-order valence-electron chi connectivity index (χ0n) is 15.6. The van der Waals surface area contributed by atoms with Crippen molar-refractivity contribution in [2.24, 2.45) is 5.92 Å². The molecule has 3 aliphatic rings. The van der Waals surface area contributed by atoms with Crippen LogP contribution in [0.5, 0.6) is 0 Å². The Morgan fingerprint density at radius 1 is 1.19 bits per heavy atom. The van der Waals surface area contributed by atoms with Crippen LogP contribution in [0, 0.1) is 12.8 Å². The second kappa shape index (κ2) is 6.53. The van der Waals surface area contributed by atoms with Crippen LogP contribution in [0.15, 0.2) is 36.8 Å². The molecule has 27 heavy (non-hydrogen) atoms. The number of amides is 1. The predicted molar refractivity (Wildman–Crippen MR) is 104 cm³/mol. The van der Waals surface area contributed by atoms with Crippen molar-refractivity contribution >= 4 is 16.8 Å². The second-order valence-corrected chi connectivity index (χ2v) is 8.00. The number of aryl methyl sites for hydroxylation is 1. The molecule has 0 saturated carbocycles. The Bertz CT molecular complexity index is 974. The van der Waals surface area contributed by atoms with Gasteiger partial charge in [-0.15, -0.1) is 0 Å². The molecule has 3 saturated heterocycles. The maximum absolute atomic E-state index is 13.3. The molecule has 3 fully saturated rings. The molecular weight excluding hydrogens is 338 g/mol. The lowest BCUT2D eigenvalue weighted by molar-refractivity contribution is 0.0585. The summed E-state index contributed by atoms with van der Waals surface area (Å²) in [5, 5.41) is 1.14. The summed E-state index contributed by atoms with van der Waals surface area (Å²) in [6, 6.07) is 8.30. The number of imidazole rings is 1. The molecule has 1 amide bonds. The van der Waals surface area contributed by atoms with Crippen LogP contribution >= 0.6 is 0 Å². The van der Waals surface area contributed by atoms with Gasteiger partial charge in [0.2, 0.25) is 0 Å². The van der Waals surface area contributed by atoms with Crippen LogP contribution in [-0.4, -0.2) is 56.3 Å². The van der Waals surface area contributed by atoms with Crippen molar-refractivity contribution in [2.45, 2.75) is 32.4 Å². The van der Waals surface area contributed by atoms with E-state index in [1.165, 1.54) is 6.42 Å². The van der Waals surface area contributed by atoms with Crippen molar-refractivity contribution in [3.63, 3.8) is 0 Å². The third-order valence-corrected chi connectivity index (χ3v) is 6.16. The van der Waals surface area contributed by atoms with Gasteiger partial charge in [0.1, 0.15) is 0 Å². The summed E-state index contributed by atoms with van der Waals surface area (Å²) in [6.07, 6.45) is 5.99. The monoisotopic (exact) mass is 363 g/mol. The summed E-state index contributed by atoms with van der Waals surface area (Å²) >= 11 is 0. The van der Waals surface area contributed by atoms with Crippen LogP contribution < -0.4 is 0 Å². The number of carbonyl (C=O) groups excluding carboxylic acids is 1. The van der Waals surface area contributed by atoms with E-state index in [0.29, 0.717) is 5.92 Å². The molecule has 3 aliphatic heterocycles. The van der Waals surface area contributed by atoms with E-state index in [1.54, 1.807) is 6.33 Å². The average Bonchev–Trinajstić information content (AvgIpc) is 3.20. The molecular formula is C21H25N5O. The fraction of sp³-hybridized carbons (Fsp3) is 0.429. The highest BCUT2D eigenvalue weighted by molar-refractivity contribution is 5.98. The van der Waals surface area contributed by atoms with E-state index >= 15 is 0 Å². The van der Waals surface area contributed by atoms with E-state index in [1.807, 2.05) is 30.5 Å². The number of rotatable bonds is 3. The summed E-state index contributed by atoms with van der Waals surface area (Å²) < 4.78 is 0. The van der Waals surface area contributed by atoms with Gasteiger partial charge in [0.05, 0.1) is 12.0 Å². The van der Waals surface area contributed by atoms with Gasteiger partial charge in [-0.25, -0.2) is 4.98 Å². The summed E-state index contributed by atoms with van der Waals surface area (Å²) in [5.41, 5.74) is 4.06. The first-order chi connectivity index (χ1) is 13.2. The number of fused-ring (bicyclic) bond motifs is 5. The van der Waals surface area contributed by atoms with Gasteiger partial charge in [-0.1, -0.05) is 6.07 Å². The minimum atomic E-state index is 0.166. The van der Waals surface area contributed by atoms with E-state index in [2.05, 4.69) is 31.7 Å². The lowest BCUT2D eigenvalue weighted by atomic mass is 9.94. The molecule has 140 valence electrons. The average molecular weight is 363 g/mol. The van der Waals surface area contributed by atoms with Gasteiger partial charge in [0.25, 0.3) is 5.91 Å². The van der Waals surface area contributed by atoms with Gasteiger partial charge >= 0.3 is 0 Å². The molecule has 2 N–H and O–H groups in total. The van der Waals surface area contributed by atoms with Crippen LogP contribution in [-0.2, 0) is 6.54 Å². The largest absolute Gasteiger partial charge is 0.361 e. The van der Waals surface area contributed by atoms with Gasteiger partial charge in [-0.05, 0) is 49.3 Å². The molecule has 2 aromatic heterocycles. The van der Waals surface area contributed by atoms with Crippen molar-refractivity contribution in [3.8, 4) is 0 Å². The Labute approximate surface area is 158 Å². The van der Waals surface area contributed by atoms with Crippen LogP contribution in [0.4, 0.5) is 0 Å². The number of aromatic nitrogens is 3. The molecule has 6 rings (SSSR count). The molecule has 0 aliphatic carbocycles. The number of hydrogen-bond donors (Lipinski definition) is 2. The summed E-state index contributed by atoms with van der Waals surface area (Å²) in [6.45, 7) is 5.77. The Morgan fingerprint density at radius 2 is 2.11 bits per heavy atom. The van der Waals surface area contributed by atoms with Crippen molar-refractivity contribution in [3.05, 3.63) is 53.7 Å². The summed E-state index contributed by atoms with van der Waals surface area (Å²) in [7, 11) is 0. The van der Waals surface area contributed by atoms with E-state index in [0.717, 1.165) is 60.5 Å². The summed E-state index contributed by atoms with van der Waals surface area (Å²) in [5.74, 6) is 0.708. The first kappa shape index (κ1) is 16.6. The Balaban J connectivity index is 1.36. The van der Waals surface area contributed by atoms with E-state index in [4.69, 9.17) is 0 Å². The second-order valence-electron chi connectivity index (χ2n) is 8.00. The van der Waals surface area contributed by atoms with Crippen molar-refractivity contribution < 1.29 is 4.79 Å². The fourth-order valence-corrected chi connectivity index (χ4v) is 4.66. The third kappa shape index (κ3) is 3.04. The van der Waals surface area contributed by atoms with Gasteiger partial charge in [0.15, 0.2) is 0 Å². The number of benzene rings is 1. The lowest BCUT2D eigenvalue weighted by Gasteiger charge is -2.36. The highest BCUT2D eigenvalue weighted by Gasteiger charge is 2.37. The molecule has 2 atom stereocenters. The number of hydrogen-bond acceptors (Lipinski definition) is 3. The van der Waals surface area contributed by atoms with Crippen LogP contribution in [0.2, 0.25) is 0 Å². The molecule has 6 nitrogen and oxygen atoms in total. The Morgan fingerprint density at radius 3 is 2.96 bits per heavy atom. The van der Waals surface area contributed by atoms with Crippen molar-refractivity contribution in [1.82, 2.24) is 24.8 Å². The fourth-order valence-electron chi connectivity index (χ4n) is 4.66. The van der Waals surface area contributed by atoms with Crippen LogP contribution in [0.1, 0.15) is 34.6 Å². The maximum atomic E-state index is 13.3. The Hall–Kier alpha value is -2.60. The number of nitrogens with zero attached hydrogens (tertiary/aromatic N) is 3. The minimum Gasteiger partial charge on any atom is -0.361 e. The lowest BCUT2D eigenvalue weighted by Crippen LogP contribution is -2.47. The predicted octanol–water partition coefficient (Wildman–Crippen LogP) is 2.94. The molecule has 5 heterocycles. The van der Waals surface area contributed by atoms with Crippen molar-refractivity contribution in [2.75, 3.05) is 19.6 Å². The number of H-pyrrole nitrogens is 2. The van der Waals surface area contributed by atoms with E-state index < -0.39 is 0 Å². The molecule has 1 aromatic carbocycles. The van der Waals surface area contributed by atoms with Gasteiger partial charge in [-0.3, -0.25) is 9.69 Å². The Kier molecular flexibility index (Phi) is 4.01. The molecule has 2 bridgehead atoms. The van der Waals surface area contributed by atoms with Crippen LogP contribution in [0.25, 0.3) is 10.9 Å². The number of carbonyl (C=O) groups is 1. The highest BCUT2D eigenvalue weighted by Crippen LogP contribution is 2.30. The first-order valence-electron chi connectivity index (χ1n) is 9.76. The SMILES string of the molecule is Cc1[nH]cnc1CN1CC2CCC(C1)N(C(=O)c1ccc3cc[nH]c3c1)C2. The molecule has 3 aromatic rings. The van der Waals surface area contributed by atoms with Crippen LogP contribution in [0.3, 0.4) is 0 Å². The molecule has 6 heteroatoms. The number of aromatic amines is 2. The van der Waals surface area contributed by atoms with Gasteiger partial charge < -0.3 is 14.9 Å². The topological polar surface area (TPSA) is 68.0 Å². The standard InChI is InChI=1S/C21H25N5O/c1-14-20(24-13-23-14)12-25-9-15-2-5-18(11-25)26(10-15)21(27)17-4-3-16-6-7-22-19(16)8-17/h3-4,6-8,13,15,18,22H,2,5,9-12H2,1H3,(H,23,24). The quantitative estimate of drug-likeness (QED) is 0.752. The molecule has 2 unspecified atom stereocenters. The number of piperidine rings is 1. The van der Waals surface area contributed by atoms with Gasteiger partial charge in [-0.2, -0.15) is 0 Å². The van der Waals surface area contributed by atoms with E-state index in [9.17, 15) is 4.79 Å². The minimum absolute atomic E-state index is 0.166. The number of nitrogens with one attached hydrogen (secondary N) is 2. The van der Waals surface area contributed by atoms with Crippen molar-refractivity contribution in [1.29, 1.82) is 0 Å². The first-order valence-corrected chi connectivity index (χ1v) is 9.76. The highest BCUT2D eigenvalue weighted by atomic mass is 16.2.